The molecule has 0 aromatic carbocycles. The highest BCUT2D eigenvalue weighted by Gasteiger charge is 2.25. The van der Waals surface area contributed by atoms with E-state index in [1.54, 1.807) is 0 Å². The van der Waals surface area contributed by atoms with E-state index in [0.29, 0.717) is 0 Å². The van der Waals surface area contributed by atoms with Crippen LogP contribution in [0, 0.1) is 17.8 Å². The van der Waals surface area contributed by atoms with Gasteiger partial charge in [-0.15, -0.1) is 0 Å². The second kappa shape index (κ2) is 7.78. The van der Waals surface area contributed by atoms with Gasteiger partial charge in [-0.2, -0.15) is 0 Å². The zero-order valence-electron chi connectivity index (χ0n) is 12.1. The fourth-order valence-corrected chi connectivity index (χ4v) is 2.75. The number of hydrogen-bond acceptors (Lipinski definition) is 2. The van der Waals surface area contributed by atoms with E-state index in [1.165, 1.54) is 25.7 Å². The molecule has 3 heteroatoms. The normalized spacial score (nSPS) is 21.6. The Balaban J connectivity index is 2.40. The quantitative estimate of drug-likeness (QED) is 0.735. The lowest BCUT2D eigenvalue weighted by Gasteiger charge is -2.24. The summed E-state index contributed by atoms with van der Waals surface area (Å²) in [6.45, 7) is 6.16. The number of nitrogens with one attached hydrogen (secondary N) is 1. The topological polar surface area (TPSA) is 49.3 Å². The number of rotatable bonds is 7. The number of aliphatic hydroxyl groups excluding tert-OH is 1. The fourth-order valence-electron chi connectivity index (χ4n) is 2.75. The number of hydrogen-bond donors (Lipinski definition) is 2. The minimum Gasteiger partial charge on any atom is -0.396 e. The molecule has 0 bridgehead atoms. The molecule has 1 aliphatic carbocycles. The first-order valence-corrected chi connectivity index (χ1v) is 7.49. The van der Waals surface area contributed by atoms with Crippen molar-refractivity contribution in [2.75, 3.05) is 6.61 Å². The smallest absolute Gasteiger partial charge is 0.223 e. The second-order valence-corrected chi connectivity index (χ2v) is 5.95. The van der Waals surface area contributed by atoms with Crippen molar-refractivity contribution in [3.8, 4) is 0 Å². The van der Waals surface area contributed by atoms with E-state index in [1.807, 2.05) is 13.8 Å². The average molecular weight is 255 g/mol. The molecule has 3 nitrogen and oxygen atoms in total. The Hall–Kier alpha value is -0.570. The molecule has 3 atom stereocenters. The van der Waals surface area contributed by atoms with E-state index in [9.17, 15) is 4.79 Å². The summed E-state index contributed by atoms with van der Waals surface area (Å²) in [6, 6.07) is 0.0557. The van der Waals surface area contributed by atoms with E-state index in [0.717, 1.165) is 18.8 Å². The largest absolute Gasteiger partial charge is 0.396 e. The van der Waals surface area contributed by atoms with Crippen LogP contribution in [0.2, 0.25) is 0 Å². The van der Waals surface area contributed by atoms with Gasteiger partial charge in [0.05, 0.1) is 0 Å². The van der Waals surface area contributed by atoms with Gasteiger partial charge in [-0.3, -0.25) is 4.79 Å². The maximum atomic E-state index is 12.2. The van der Waals surface area contributed by atoms with Crippen LogP contribution in [-0.2, 0) is 4.79 Å². The van der Waals surface area contributed by atoms with E-state index in [2.05, 4.69) is 12.2 Å². The highest BCUT2D eigenvalue weighted by Crippen LogP contribution is 2.31. The first-order valence-electron chi connectivity index (χ1n) is 7.49. The van der Waals surface area contributed by atoms with Crippen LogP contribution in [0.3, 0.4) is 0 Å². The fraction of sp³-hybridized carbons (Fsp3) is 0.933. The lowest BCUT2D eigenvalue weighted by molar-refractivity contribution is -0.126. The van der Waals surface area contributed by atoms with Crippen molar-refractivity contribution in [1.82, 2.24) is 5.32 Å². The first kappa shape index (κ1) is 15.5. The molecule has 0 radical (unpaired) electrons. The van der Waals surface area contributed by atoms with E-state index < -0.39 is 0 Å². The third kappa shape index (κ3) is 4.60. The molecule has 1 rings (SSSR count). The van der Waals surface area contributed by atoms with Crippen molar-refractivity contribution in [2.45, 2.75) is 65.3 Å². The number of aliphatic hydroxyl groups is 1. The summed E-state index contributed by atoms with van der Waals surface area (Å²) in [5, 5.41) is 12.1. The Bertz CT molecular complexity index is 249. The van der Waals surface area contributed by atoms with Crippen LogP contribution in [0.25, 0.3) is 0 Å². The van der Waals surface area contributed by atoms with Crippen LogP contribution in [0.4, 0.5) is 0 Å². The van der Waals surface area contributed by atoms with Crippen LogP contribution in [0.5, 0.6) is 0 Å². The van der Waals surface area contributed by atoms with Gasteiger partial charge >= 0.3 is 0 Å². The Morgan fingerprint density at radius 3 is 2.44 bits per heavy atom. The summed E-state index contributed by atoms with van der Waals surface area (Å²) < 4.78 is 0. The van der Waals surface area contributed by atoms with Crippen LogP contribution >= 0.6 is 0 Å². The molecule has 0 spiro atoms. The van der Waals surface area contributed by atoms with Gasteiger partial charge in [0.15, 0.2) is 0 Å². The standard InChI is InChI=1S/C15H29NO2/c1-4-14(9-13-7-5-6-8-13)15(18)16-12(3)11(2)10-17/h11-14,17H,4-10H2,1-3H3,(H,16,18). The van der Waals surface area contributed by atoms with Gasteiger partial charge in [0.25, 0.3) is 0 Å². The molecule has 1 fully saturated rings. The van der Waals surface area contributed by atoms with Gasteiger partial charge in [0.2, 0.25) is 5.91 Å². The van der Waals surface area contributed by atoms with Crippen molar-refractivity contribution < 1.29 is 9.90 Å². The predicted octanol–water partition coefficient (Wildman–Crippen LogP) is 2.73. The molecular formula is C15H29NO2. The molecule has 1 aliphatic rings. The summed E-state index contributed by atoms with van der Waals surface area (Å²) in [5.41, 5.74) is 0. The van der Waals surface area contributed by atoms with Crippen LogP contribution in [0.1, 0.15) is 59.3 Å². The number of carbonyl (C=O) groups excluding carboxylic acids is 1. The van der Waals surface area contributed by atoms with Crippen LogP contribution in [-0.4, -0.2) is 23.7 Å². The maximum Gasteiger partial charge on any atom is 0.223 e. The van der Waals surface area contributed by atoms with Gasteiger partial charge in [-0.1, -0.05) is 39.5 Å². The van der Waals surface area contributed by atoms with Gasteiger partial charge in [0.1, 0.15) is 0 Å². The molecule has 106 valence electrons. The molecule has 18 heavy (non-hydrogen) atoms. The van der Waals surface area contributed by atoms with Crippen LogP contribution < -0.4 is 5.32 Å². The Morgan fingerprint density at radius 2 is 1.94 bits per heavy atom. The molecule has 0 saturated heterocycles. The minimum atomic E-state index is 0.0557. The summed E-state index contributed by atoms with van der Waals surface area (Å²) in [7, 11) is 0. The van der Waals surface area contributed by atoms with E-state index in [-0.39, 0.29) is 30.4 Å². The Morgan fingerprint density at radius 1 is 1.33 bits per heavy atom. The Kier molecular flexibility index (Phi) is 6.69. The molecular weight excluding hydrogens is 226 g/mol. The third-order valence-corrected chi connectivity index (χ3v) is 4.47. The van der Waals surface area contributed by atoms with E-state index in [4.69, 9.17) is 5.11 Å². The molecule has 1 saturated carbocycles. The minimum absolute atomic E-state index is 0.0557. The monoisotopic (exact) mass is 255 g/mol. The molecule has 1 amide bonds. The third-order valence-electron chi connectivity index (χ3n) is 4.47. The maximum absolute atomic E-state index is 12.2. The van der Waals surface area contributed by atoms with Crippen molar-refractivity contribution in [2.24, 2.45) is 17.8 Å². The highest BCUT2D eigenvalue weighted by molar-refractivity contribution is 5.78. The highest BCUT2D eigenvalue weighted by atomic mass is 16.3. The van der Waals surface area contributed by atoms with Gasteiger partial charge in [-0.05, 0) is 31.6 Å². The van der Waals surface area contributed by atoms with Crippen molar-refractivity contribution in [1.29, 1.82) is 0 Å². The summed E-state index contributed by atoms with van der Waals surface area (Å²) in [6.07, 6.45) is 7.23. The average Bonchev–Trinajstić information content (AvgIpc) is 2.87. The zero-order valence-corrected chi connectivity index (χ0v) is 12.1. The molecule has 0 heterocycles. The molecule has 0 aliphatic heterocycles. The molecule has 3 unspecified atom stereocenters. The second-order valence-electron chi connectivity index (χ2n) is 5.95. The van der Waals surface area contributed by atoms with Crippen molar-refractivity contribution in [3.63, 3.8) is 0 Å². The number of amides is 1. The van der Waals surface area contributed by atoms with Crippen molar-refractivity contribution >= 4 is 5.91 Å². The summed E-state index contributed by atoms with van der Waals surface area (Å²) in [4.78, 5) is 12.2. The predicted molar refractivity (Wildman–Crippen MR) is 74.2 cm³/mol. The SMILES string of the molecule is CCC(CC1CCCC1)C(=O)NC(C)C(C)CO. The zero-order chi connectivity index (χ0) is 13.5. The lowest BCUT2D eigenvalue weighted by atomic mass is 9.90. The van der Waals surface area contributed by atoms with Gasteiger partial charge in [-0.25, -0.2) is 0 Å². The van der Waals surface area contributed by atoms with Crippen molar-refractivity contribution in [3.05, 3.63) is 0 Å². The van der Waals surface area contributed by atoms with Crippen LogP contribution in [0.15, 0.2) is 0 Å². The Labute approximate surface area is 111 Å². The number of carbonyl (C=O) groups is 1. The summed E-state index contributed by atoms with van der Waals surface area (Å²) in [5.74, 6) is 1.21. The molecule has 0 aromatic rings. The summed E-state index contributed by atoms with van der Waals surface area (Å²) >= 11 is 0. The molecule has 0 aromatic heterocycles. The molecule has 2 N–H and O–H groups in total. The van der Waals surface area contributed by atoms with Gasteiger partial charge < -0.3 is 10.4 Å². The first-order chi connectivity index (χ1) is 8.58. The van der Waals surface area contributed by atoms with Gasteiger partial charge in [0, 0.05) is 18.6 Å². The lowest BCUT2D eigenvalue weighted by Crippen LogP contribution is -2.41. The van der Waals surface area contributed by atoms with E-state index >= 15 is 0 Å².